The maximum absolute atomic E-state index is 12.5. The number of nitrogens with one attached hydrogen (secondary N) is 1. The average molecular weight is 399 g/mol. The lowest BCUT2D eigenvalue weighted by Crippen LogP contribution is -2.43. The summed E-state index contributed by atoms with van der Waals surface area (Å²) in [6.45, 7) is 3.23. The van der Waals surface area contributed by atoms with Crippen molar-refractivity contribution in [1.82, 2.24) is 10.2 Å². The van der Waals surface area contributed by atoms with E-state index >= 15 is 0 Å². The zero-order valence-electron chi connectivity index (χ0n) is 17.3. The summed E-state index contributed by atoms with van der Waals surface area (Å²) in [5.74, 6) is 1.43. The van der Waals surface area contributed by atoms with E-state index in [9.17, 15) is 4.79 Å². The van der Waals surface area contributed by atoms with Crippen LogP contribution in [0.4, 0.5) is 4.79 Å². The number of rotatable bonds is 9. The van der Waals surface area contributed by atoms with Gasteiger partial charge in [0.25, 0.3) is 0 Å². The highest BCUT2D eigenvalue weighted by atomic mass is 16.5. The lowest BCUT2D eigenvalue weighted by molar-refractivity contribution is 0.134. The molecule has 2 aromatic carbocycles. The van der Waals surface area contributed by atoms with E-state index in [-0.39, 0.29) is 6.03 Å². The molecule has 0 saturated carbocycles. The number of carbonyl (C=O) groups excluding carboxylic acids is 1. The molecule has 0 atom stereocenters. The molecular weight excluding hydrogens is 368 g/mol. The fourth-order valence-corrected chi connectivity index (χ4v) is 3.47. The van der Waals surface area contributed by atoms with E-state index in [0.717, 1.165) is 30.6 Å². The van der Waals surface area contributed by atoms with Crippen molar-refractivity contribution >= 4 is 6.03 Å². The minimum Gasteiger partial charge on any atom is -0.493 e. The maximum Gasteiger partial charge on any atom is 0.317 e. The van der Waals surface area contributed by atoms with Crippen LogP contribution in [0.1, 0.15) is 23.1 Å². The number of methoxy groups -OCH3 is 2. The van der Waals surface area contributed by atoms with Crippen molar-refractivity contribution < 1.29 is 19.0 Å². The van der Waals surface area contributed by atoms with Gasteiger partial charge in [0.05, 0.1) is 20.8 Å². The predicted octanol–water partition coefficient (Wildman–Crippen LogP) is 3.42. The summed E-state index contributed by atoms with van der Waals surface area (Å²) in [7, 11) is 3.26. The molecule has 0 radical (unpaired) electrons. The Morgan fingerprint density at radius 2 is 1.76 bits per heavy atom. The van der Waals surface area contributed by atoms with Gasteiger partial charge in [0.1, 0.15) is 0 Å². The molecule has 29 heavy (non-hydrogen) atoms. The highest BCUT2D eigenvalue weighted by molar-refractivity contribution is 5.74. The third kappa shape index (κ3) is 5.87. The molecule has 0 fully saturated rings. The molecule has 6 heteroatoms. The first kappa shape index (κ1) is 21.0. The van der Waals surface area contributed by atoms with E-state index in [1.165, 1.54) is 11.1 Å². The molecule has 1 N–H and O–H groups in total. The Morgan fingerprint density at radius 3 is 2.48 bits per heavy atom. The van der Waals surface area contributed by atoms with E-state index in [1.807, 2.05) is 35.2 Å². The van der Waals surface area contributed by atoms with E-state index in [2.05, 4.69) is 17.4 Å². The van der Waals surface area contributed by atoms with Crippen LogP contribution in [0.3, 0.4) is 0 Å². The highest BCUT2D eigenvalue weighted by Crippen LogP contribution is 2.33. The molecule has 156 valence electrons. The number of amides is 2. The largest absolute Gasteiger partial charge is 0.493 e. The SMILES string of the molecule is COc1cc2c(cc1OC)CN(C(=O)NCCCOCCc1ccccc1)CC2. The molecule has 2 amide bonds. The summed E-state index contributed by atoms with van der Waals surface area (Å²) in [5, 5.41) is 2.99. The molecule has 0 spiro atoms. The number of hydrogen-bond donors (Lipinski definition) is 1. The van der Waals surface area contributed by atoms with E-state index in [1.54, 1.807) is 14.2 Å². The first-order valence-corrected chi connectivity index (χ1v) is 10.1. The van der Waals surface area contributed by atoms with Crippen LogP contribution in [0.25, 0.3) is 0 Å². The van der Waals surface area contributed by atoms with Gasteiger partial charge in [-0.15, -0.1) is 0 Å². The van der Waals surface area contributed by atoms with Crippen LogP contribution < -0.4 is 14.8 Å². The number of carbonyl (C=O) groups is 1. The van der Waals surface area contributed by atoms with Crippen molar-refractivity contribution in [3.8, 4) is 11.5 Å². The molecule has 0 unspecified atom stereocenters. The van der Waals surface area contributed by atoms with Crippen molar-refractivity contribution in [2.45, 2.75) is 25.8 Å². The third-order valence-corrected chi connectivity index (χ3v) is 5.12. The maximum atomic E-state index is 12.5. The normalized spacial score (nSPS) is 13.0. The lowest BCUT2D eigenvalue weighted by Gasteiger charge is -2.29. The quantitative estimate of drug-likeness (QED) is 0.658. The van der Waals surface area contributed by atoms with Crippen LogP contribution in [0.15, 0.2) is 42.5 Å². The van der Waals surface area contributed by atoms with Crippen molar-refractivity contribution in [3.05, 3.63) is 59.2 Å². The van der Waals surface area contributed by atoms with Gasteiger partial charge in [-0.3, -0.25) is 0 Å². The van der Waals surface area contributed by atoms with Gasteiger partial charge >= 0.3 is 6.03 Å². The Hall–Kier alpha value is -2.73. The number of ether oxygens (including phenoxy) is 3. The van der Waals surface area contributed by atoms with Crippen molar-refractivity contribution in [2.24, 2.45) is 0 Å². The summed E-state index contributed by atoms with van der Waals surface area (Å²) in [5.41, 5.74) is 3.59. The Morgan fingerprint density at radius 1 is 1.03 bits per heavy atom. The minimum absolute atomic E-state index is 0.0327. The molecule has 6 nitrogen and oxygen atoms in total. The smallest absolute Gasteiger partial charge is 0.317 e. The summed E-state index contributed by atoms with van der Waals surface area (Å²) in [6.07, 6.45) is 2.52. The third-order valence-electron chi connectivity index (χ3n) is 5.12. The zero-order valence-corrected chi connectivity index (χ0v) is 17.3. The Balaban J connectivity index is 1.36. The van der Waals surface area contributed by atoms with Crippen molar-refractivity contribution in [1.29, 1.82) is 0 Å². The molecular formula is C23H30N2O4. The fourth-order valence-electron chi connectivity index (χ4n) is 3.47. The van der Waals surface area contributed by atoms with Crippen LogP contribution >= 0.6 is 0 Å². The Kier molecular flexibility index (Phi) is 7.76. The molecule has 0 saturated heterocycles. The minimum atomic E-state index is -0.0327. The van der Waals surface area contributed by atoms with Gasteiger partial charge in [-0.2, -0.15) is 0 Å². The monoisotopic (exact) mass is 398 g/mol. The first-order chi connectivity index (χ1) is 14.2. The van der Waals surface area contributed by atoms with Crippen molar-refractivity contribution in [2.75, 3.05) is 40.5 Å². The second-order valence-electron chi connectivity index (χ2n) is 7.08. The fraction of sp³-hybridized carbons (Fsp3) is 0.435. The van der Waals surface area contributed by atoms with Gasteiger partial charge in [0.2, 0.25) is 0 Å². The average Bonchev–Trinajstić information content (AvgIpc) is 2.77. The molecule has 0 bridgehead atoms. The predicted molar refractivity (Wildman–Crippen MR) is 113 cm³/mol. The zero-order chi connectivity index (χ0) is 20.5. The van der Waals surface area contributed by atoms with Gasteiger partial charge in [0.15, 0.2) is 11.5 Å². The van der Waals surface area contributed by atoms with Gasteiger partial charge < -0.3 is 24.4 Å². The number of benzene rings is 2. The summed E-state index contributed by atoms with van der Waals surface area (Å²) >= 11 is 0. The van der Waals surface area contributed by atoms with E-state index < -0.39 is 0 Å². The molecule has 3 rings (SSSR count). The number of urea groups is 1. The molecule has 0 aliphatic carbocycles. The number of hydrogen-bond acceptors (Lipinski definition) is 4. The number of nitrogens with zero attached hydrogens (tertiary/aromatic N) is 1. The van der Waals surface area contributed by atoms with Crippen LogP contribution in [0, 0.1) is 0 Å². The standard InChI is InChI=1S/C23H30N2O4/c1-27-21-15-19-9-12-25(17-20(19)16-22(21)28-2)23(26)24-11-6-13-29-14-10-18-7-4-3-5-8-18/h3-5,7-8,15-16H,6,9-14,17H2,1-2H3,(H,24,26). The molecule has 1 heterocycles. The Bertz CT molecular complexity index is 795. The lowest BCUT2D eigenvalue weighted by atomic mass is 9.99. The van der Waals surface area contributed by atoms with Crippen LogP contribution in [-0.2, 0) is 24.1 Å². The second-order valence-corrected chi connectivity index (χ2v) is 7.08. The summed E-state index contributed by atoms with van der Waals surface area (Å²) in [4.78, 5) is 14.3. The van der Waals surface area contributed by atoms with Crippen molar-refractivity contribution in [3.63, 3.8) is 0 Å². The number of fused-ring (bicyclic) bond motifs is 1. The summed E-state index contributed by atoms with van der Waals surface area (Å²) < 4.78 is 16.4. The summed E-state index contributed by atoms with van der Waals surface area (Å²) in [6, 6.07) is 14.2. The molecule has 2 aromatic rings. The van der Waals surface area contributed by atoms with E-state index in [0.29, 0.717) is 38.6 Å². The molecule has 1 aliphatic heterocycles. The van der Waals surface area contributed by atoms with Gasteiger partial charge in [-0.1, -0.05) is 30.3 Å². The first-order valence-electron chi connectivity index (χ1n) is 10.1. The van der Waals surface area contributed by atoms with Gasteiger partial charge in [0, 0.05) is 26.2 Å². The Labute approximate surface area is 172 Å². The molecule has 0 aromatic heterocycles. The second kappa shape index (κ2) is 10.7. The van der Waals surface area contributed by atoms with Gasteiger partial charge in [-0.05, 0) is 48.1 Å². The van der Waals surface area contributed by atoms with Crippen LogP contribution in [-0.4, -0.2) is 51.5 Å². The van der Waals surface area contributed by atoms with Crippen LogP contribution in [0.2, 0.25) is 0 Å². The highest BCUT2D eigenvalue weighted by Gasteiger charge is 2.22. The van der Waals surface area contributed by atoms with Crippen LogP contribution in [0.5, 0.6) is 11.5 Å². The molecule has 1 aliphatic rings. The topological polar surface area (TPSA) is 60.0 Å². The van der Waals surface area contributed by atoms with Gasteiger partial charge in [-0.25, -0.2) is 4.79 Å². The van der Waals surface area contributed by atoms with E-state index in [4.69, 9.17) is 14.2 Å².